The smallest absolute Gasteiger partial charge is 0.243 e. The molecule has 0 unspecified atom stereocenters. The average molecular weight is 348 g/mol. The second kappa shape index (κ2) is 8.63. The predicted molar refractivity (Wildman–Crippen MR) is 97.5 cm³/mol. The second-order valence-corrected chi connectivity index (χ2v) is 8.17. The summed E-state index contributed by atoms with van der Waals surface area (Å²) in [6.07, 6.45) is 7.63. The Kier molecular flexibility index (Phi) is 6.79. The van der Waals surface area contributed by atoms with E-state index in [1.165, 1.54) is 4.90 Å². The molecule has 0 aromatic heterocycles. The molecular formula is C20H32N2O3. The summed E-state index contributed by atoms with van der Waals surface area (Å²) in [6.45, 7) is 8.93. The second-order valence-electron chi connectivity index (χ2n) is 8.17. The molecule has 3 atom stereocenters. The highest BCUT2D eigenvalue weighted by Gasteiger charge is 2.51. The van der Waals surface area contributed by atoms with E-state index in [0.717, 1.165) is 12.8 Å². The van der Waals surface area contributed by atoms with Gasteiger partial charge in [-0.15, -0.1) is 0 Å². The van der Waals surface area contributed by atoms with Gasteiger partial charge in [-0.3, -0.25) is 19.3 Å². The lowest BCUT2D eigenvalue weighted by atomic mass is 9.85. The van der Waals surface area contributed by atoms with E-state index in [4.69, 9.17) is 0 Å². The highest BCUT2D eigenvalue weighted by Crippen LogP contribution is 2.37. The Morgan fingerprint density at radius 3 is 2.12 bits per heavy atom. The van der Waals surface area contributed by atoms with Crippen molar-refractivity contribution in [2.24, 2.45) is 23.7 Å². The number of amides is 3. The molecule has 0 spiro atoms. The molecule has 1 aliphatic heterocycles. The number of carbonyl (C=O) groups is 3. The van der Waals surface area contributed by atoms with Gasteiger partial charge in [0.2, 0.25) is 17.7 Å². The summed E-state index contributed by atoms with van der Waals surface area (Å²) in [5.74, 6) is -0.245. The van der Waals surface area contributed by atoms with Gasteiger partial charge >= 0.3 is 0 Å². The van der Waals surface area contributed by atoms with Gasteiger partial charge in [0.1, 0.15) is 6.04 Å². The summed E-state index contributed by atoms with van der Waals surface area (Å²) < 4.78 is 0. The molecule has 3 amide bonds. The van der Waals surface area contributed by atoms with E-state index in [1.54, 1.807) is 0 Å². The van der Waals surface area contributed by atoms with Gasteiger partial charge in [0, 0.05) is 6.54 Å². The monoisotopic (exact) mass is 348 g/mol. The maximum Gasteiger partial charge on any atom is 0.243 e. The zero-order chi connectivity index (χ0) is 18.6. The van der Waals surface area contributed by atoms with Crippen LogP contribution in [0.4, 0.5) is 0 Å². The number of hydrogen-bond donors (Lipinski definition) is 1. The third kappa shape index (κ3) is 4.71. The number of fused-ring (bicyclic) bond motifs is 1. The van der Waals surface area contributed by atoms with Crippen molar-refractivity contribution in [3.8, 4) is 0 Å². The molecule has 25 heavy (non-hydrogen) atoms. The number of likely N-dealkylation sites (tertiary alicyclic amines) is 1. The Hall–Kier alpha value is -1.65. The molecule has 5 nitrogen and oxygen atoms in total. The first-order valence-corrected chi connectivity index (χ1v) is 9.62. The van der Waals surface area contributed by atoms with Gasteiger partial charge in [-0.25, -0.2) is 0 Å². The van der Waals surface area contributed by atoms with E-state index in [0.29, 0.717) is 31.7 Å². The molecule has 0 aromatic carbocycles. The average Bonchev–Trinajstić information content (AvgIpc) is 2.81. The van der Waals surface area contributed by atoms with Crippen LogP contribution in [0.2, 0.25) is 0 Å². The fourth-order valence-corrected chi connectivity index (χ4v) is 3.75. The standard InChI is InChI=1S/C20H32N2O3/c1-13(2)8-7-11-21-18(23)17(12-14(3)4)22-19(24)15-9-5-6-10-16(15)20(22)25/h5-6,13-17H,7-12H2,1-4H3,(H,21,23)/t15-,16+,17-/m0/s1. The molecular weight excluding hydrogens is 316 g/mol. The summed E-state index contributed by atoms with van der Waals surface area (Å²) >= 11 is 0. The van der Waals surface area contributed by atoms with Crippen LogP contribution < -0.4 is 5.32 Å². The maximum atomic E-state index is 12.8. The van der Waals surface area contributed by atoms with Gasteiger partial charge in [-0.05, 0) is 43.9 Å². The molecule has 1 N–H and O–H groups in total. The number of nitrogens with zero attached hydrogens (tertiary/aromatic N) is 1. The van der Waals surface area contributed by atoms with Gasteiger partial charge < -0.3 is 5.32 Å². The Balaban J connectivity index is 2.07. The lowest BCUT2D eigenvalue weighted by molar-refractivity contribution is -0.148. The summed E-state index contributed by atoms with van der Waals surface area (Å²) in [5.41, 5.74) is 0. The maximum absolute atomic E-state index is 12.8. The van der Waals surface area contributed by atoms with E-state index >= 15 is 0 Å². The predicted octanol–water partition coefficient (Wildman–Crippen LogP) is 2.90. The molecule has 0 saturated carbocycles. The fourth-order valence-electron chi connectivity index (χ4n) is 3.75. The van der Waals surface area contributed by atoms with Crippen molar-refractivity contribution in [1.82, 2.24) is 10.2 Å². The Bertz CT molecular complexity index is 513. The largest absolute Gasteiger partial charge is 0.354 e. The van der Waals surface area contributed by atoms with Crippen molar-refractivity contribution in [2.75, 3.05) is 6.54 Å². The fraction of sp³-hybridized carbons (Fsp3) is 0.750. The summed E-state index contributed by atoms with van der Waals surface area (Å²) in [7, 11) is 0. The first-order valence-electron chi connectivity index (χ1n) is 9.62. The lowest BCUT2D eigenvalue weighted by Gasteiger charge is -2.27. The molecule has 0 bridgehead atoms. The van der Waals surface area contributed by atoms with Crippen LogP contribution in [0, 0.1) is 23.7 Å². The van der Waals surface area contributed by atoms with Crippen LogP contribution in [-0.2, 0) is 14.4 Å². The van der Waals surface area contributed by atoms with E-state index in [9.17, 15) is 14.4 Å². The van der Waals surface area contributed by atoms with Crippen LogP contribution in [0.5, 0.6) is 0 Å². The molecule has 1 heterocycles. The molecule has 1 saturated heterocycles. The number of imide groups is 1. The Morgan fingerprint density at radius 2 is 1.64 bits per heavy atom. The van der Waals surface area contributed by atoms with E-state index < -0.39 is 6.04 Å². The highest BCUT2D eigenvalue weighted by molar-refractivity contribution is 6.08. The molecule has 140 valence electrons. The van der Waals surface area contributed by atoms with Crippen LogP contribution in [0.15, 0.2) is 12.2 Å². The minimum Gasteiger partial charge on any atom is -0.354 e. The van der Waals surface area contributed by atoms with Gasteiger partial charge in [0.15, 0.2) is 0 Å². The zero-order valence-electron chi connectivity index (χ0n) is 16.0. The number of nitrogens with one attached hydrogen (secondary N) is 1. The Morgan fingerprint density at radius 1 is 1.08 bits per heavy atom. The third-order valence-electron chi connectivity index (χ3n) is 5.11. The van der Waals surface area contributed by atoms with E-state index in [2.05, 4.69) is 19.2 Å². The van der Waals surface area contributed by atoms with Crippen molar-refractivity contribution in [3.63, 3.8) is 0 Å². The van der Waals surface area contributed by atoms with Crippen molar-refractivity contribution < 1.29 is 14.4 Å². The van der Waals surface area contributed by atoms with Gasteiger partial charge in [0.25, 0.3) is 0 Å². The minimum absolute atomic E-state index is 0.165. The van der Waals surface area contributed by atoms with E-state index in [-0.39, 0.29) is 35.5 Å². The molecule has 0 aromatic rings. The minimum atomic E-state index is -0.676. The van der Waals surface area contributed by atoms with Gasteiger partial charge in [0.05, 0.1) is 11.8 Å². The summed E-state index contributed by atoms with van der Waals surface area (Å²) in [5, 5.41) is 2.94. The summed E-state index contributed by atoms with van der Waals surface area (Å²) in [6, 6.07) is -0.676. The van der Waals surface area contributed by atoms with Gasteiger partial charge in [-0.2, -0.15) is 0 Å². The molecule has 2 rings (SSSR count). The molecule has 5 heteroatoms. The van der Waals surface area contributed by atoms with Crippen LogP contribution in [0.25, 0.3) is 0 Å². The van der Waals surface area contributed by atoms with Crippen LogP contribution in [0.1, 0.15) is 59.8 Å². The number of allylic oxidation sites excluding steroid dienone is 2. The van der Waals surface area contributed by atoms with Crippen molar-refractivity contribution in [1.29, 1.82) is 0 Å². The molecule has 1 fully saturated rings. The molecule has 1 aliphatic carbocycles. The Labute approximate surface area is 151 Å². The first-order chi connectivity index (χ1) is 11.8. The van der Waals surface area contributed by atoms with Crippen LogP contribution in [0.3, 0.4) is 0 Å². The summed E-state index contributed by atoms with van der Waals surface area (Å²) in [4.78, 5) is 39.6. The normalized spacial score (nSPS) is 24.2. The lowest BCUT2D eigenvalue weighted by Crippen LogP contribution is -2.50. The van der Waals surface area contributed by atoms with Gasteiger partial charge in [-0.1, -0.05) is 39.8 Å². The topological polar surface area (TPSA) is 66.5 Å². The van der Waals surface area contributed by atoms with Crippen LogP contribution >= 0.6 is 0 Å². The third-order valence-corrected chi connectivity index (χ3v) is 5.11. The quantitative estimate of drug-likeness (QED) is 0.417. The zero-order valence-corrected chi connectivity index (χ0v) is 16.0. The highest BCUT2D eigenvalue weighted by atomic mass is 16.2. The van der Waals surface area contributed by atoms with E-state index in [1.807, 2.05) is 26.0 Å². The molecule has 0 radical (unpaired) electrons. The molecule has 2 aliphatic rings. The van der Waals surface area contributed by atoms with Crippen molar-refractivity contribution in [2.45, 2.75) is 65.8 Å². The SMILES string of the molecule is CC(C)CCCNC(=O)[C@H](CC(C)C)N1C(=O)[C@H]2CC=CC[C@H]2C1=O. The number of hydrogen-bond acceptors (Lipinski definition) is 3. The van der Waals surface area contributed by atoms with Crippen molar-refractivity contribution >= 4 is 17.7 Å². The van der Waals surface area contributed by atoms with Crippen molar-refractivity contribution in [3.05, 3.63) is 12.2 Å². The van der Waals surface area contributed by atoms with Crippen LogP contribution in [-0.4, -0.2) is 35.2 Å². The number of carbonyl (C=O) groups excluding carboxylic acids is 3. The number of rotatable bonds is 8. The first kappa shape index (κ1) is 19.7.